The number of ether oxygens (including phenoxy) is 1. The van der Waals surface area contributed by atoms with Crippen molar-refractivity contribution in [2.24, 2.45) is 5.41 Å². The highest BCUT2D eigenvalue weighted by Gasteiger charge is 2.49. The summed E-state index contributed by atoms with van der Waals surface area (Å²) in [5.41, 5.74) is 7.69. The van der Waals surface area contributed by atoms with Gasteiger partial charge in [-0.05, 0) is 95.9 Å². The Morgan fingerprint density at radius 2 is 1.38 bits per heavy atom. The number of fused-ring (bicyclic) bond motifs is 3. The van der Waals surface area contributed by atoms with Crippen LogP contribution in [0.2, 0.25) is 0 Å². The molecule has 1 N–H and O–H groups in total. The fourth-order valence-electron chi connectivity index (χ4n) is 5.50. The molecule has 2 aliphatic heterocycles. The maximum atomic E-state index is 10.3. The molecule has 0 unspecified atom stereocenters. The Morgan fingerprint density at radius 1 is 0.867 bits per heavy atom. The minimum atomic E-state index is -0.830. The molecule has 45 heavy (non-hydrogen) atoms. The minimum Gasteiger partial charge on any atom is -0.493 e. The lowest BCUT2D eigenvalue weighted by Crippen LogP contribution is -2.40. The predicted molar refractivity (Wildman–Crippen MR) is 203 cm³/mol. The van der Waals surface area contributed by atoms with E-state index in [2.05, 4.69) is 89.7 Å². The number of aliphatic hydroxyl groups is 1. The van der Waals surface area contributed by atoms with E-state index in [0.717, 1.165) is 37.4 Å². The van der Waals surface area contributed by atoms with E-state index in [1.807, 2.05) is 81.2 Å². The minimum absolute atomic E-state index is 0.248. The molecule has 258 valence electrons. The summed E-state index contributed by atoms with van der Waals surface area (Å²) in [5, 5.41) is 10.3. The standard InChI is InChI=1S/C16H25NS.C15H20O2.C4H8.3C2H6/c1-12-7-8-14-13(9-12)16(5,6)11-17(18-14)10-15(2,3)4;1-10-8-11(14(2,3)16)13-12(9-10)15(4-5-15)6-7-17-13;1-4(2)3;3*1-2/h7-9H,10-11H2,1-6H3;8-9,16H,4-7H2,1-3H3;1H2,2-3H3;3*1-2H3. The van der Waals surface area contributed by atoms with Crippen LogP contribution in [0, 0.1) is 19.3 Å². The van der Waals surface area contributed by atoms with Gasteiger partial charge in [0.1, 0.15) is 5.75 Å². The van der Waals surface area contributed by atoms with E-state index in [1.165, 1.54) is 45.6 Å². The fourth-order valence-corrected chi connectivity index (χ4v) is 7.18. The average molecular weight is 642 g/mol. The third kappa shape index (κ3) is 13.5. The van der Waals surface area contributed by atoms with Gasteiger partial charge in [0, 0.05) is 39.9 Å². The van der Waals surface area contributed by atoms with Crippen molar-refractivity contribution in [2.45, 2.75) is 158 Å². The first-order valence-corrected chi connectivity index (χ1v) is 18.3. The lowest BCUT2D eigenvalue weighted by Gasteiger charge is -2.41. The van der Waals surface area contributed by atoms with Crippen LogP contribution in [0.25, 0.3) is 0 Å². The second-order valence-electron chi connectivity index (χ2n) is 14.7. The van der Waals surface area contributed by atoms with E-state index < -0.39 is 5.60 Å². The highest BCUT2D eigenvalue weighted by molar-refractivity contribution is 7.97. The fraction of sp³-hybridized carbons (Fsp3) is 0.659. The van der Waals surface area contributed by atoms with Crippen molar-refractivity contribution in [3.05, 3.63) is 70.3 Å². The molecule has 2 aromatic rings. The summed E-state index contributed by atoms with van der Waals surface area (Å²) in [6, 6.07) is 11.2. The average Bonchev–Trinajstić information content (AvgIpc) is 3.71. The Bertz CT molecular complexity index is 1160. The van der Waals surface area contributed by atoms with Crippen molar-refractivity contribution in [2.75, 3.05) is 19.7 Å². The highest BCUT2D eigenvalue weighted by Crippen LogP contribution is 2.57. The molecule has 1 fully saturated rings. The quantitative estimate of drug-likeness (QED) is 0.261. The van der Waals surface area contributed by atoms with Crippen molar-refractivity contribution >= 4 is 11.9 Å². The van der Waals surface area contributed by atoms with Gasteiger partial charge in [-0.3, -0.25) is 0 Å². The van der Waals surface area contributed by atoms with Crippen molar-refractivity contribution < 1.29 is 9.84 Å². The largest absolute Gasteiger partial charge is 0.493 e. The summed E-state index contributed by atoms with van der Waals surface area (Å²) in [6.45, 7) is 42.2. The first kappa shape index (κ1) is 43.2. The SMILES string of the molecule is C=C(C)C.CC.CC.CC.Cc1cc(C(C)(C)O)c2c(c1)C1(CCO2)CC1.Cc1ccc2c(c1)C(C)(C)CN(CC(C)(C)C)S2. The lowest BCUT2D eigenvalue weighted by molar-refractivity contribution is 0.0732. The number of aryl methyl sites for hydroxylation is 2. The van der Waals surface area contributed by atoms with Gasteiger partial charge in [-0.25, -0.2) is 4.31 Å². The molecule has 0 saturated heterocycles. The molecule has 3 nitrogen and oxygen atoms in total. The Hall–Kier alpha value is -1.75. The first-order valence-electron chi connectivity index (χ1n) is 17.5. The van der Waals surface area contributed by atoms with Crippen LogP contribution in [0.4, 0.5) is 0 Å². The van der Waals surface area contributed by atoms with Crippen LogP contribution in [-0.2, 0) is 16.4 Å². The summed E-state index contributed by atoms with van der Waals surface area (Å²) in [4.78, 5) is 1.43. The zero-order valence-electron chi connectivity index (χ0n) is 32.5. The molecule has 0 bridgehead atoms. The van der Waals surface area contributed by atoms with Crippen LogP contribution >= 0.6 is 11.9 Å². The summed E-state index contributed by atoms with van der Waals surface area (Å²) in [5.74, 6) is 0.951. The molecule has 1 saturated carbocycles. The number of nitrogens with zero attached hydrogens (tertiary/aromatic N) is 1. The van der Waals surface area contributed by atoms with Gasteiger partial charge in [0.2, 0.25) is 0 Å². The van der Waals surface area contributed by atoms with E-state index in [4.69, 9.17) is 4.74 Å². The number of allylic oxidation sites excluding steroid dienone is 1. The van der Waals surface area contributed by atoms with Crippen LogP contribution < -0.4 is 4.74 Å². The van der Waals surface area contributed by atoms with E-state index in [-0.39, 0.29) is 5.41 Å². The second kappa shape index (κ2) is 18.6. The molecule has 4 heteroatoms. The van der Waals surface area contributed by atoms with Gasteiger partial charge in [0.25, 0.3) is 0 Å². The summed E-state index contributed by atoms with van der Waals surface area (Å²) in [6.07, 6.45) is 3.69. The molecule has 2 heterocycles. The van der Waals surface area contributed by atoms with E-state index in [1.54, 1.807) is 0 Å². The zero-order valence-corrected chi connectivity index (χ0v) is 33.4. The number of hydrogen-bond donors (Lipinski definition) is 1. The van der Waals surface area contributed by atoms with Crippen LogP contribution in [0.5, 0.6) is 5.75 Å². The molecule has 0 aromatic heterocycles. The van der Waals surface area contributed by atoms with E-state index >= 15 is 0 Å². The Kier molecular flexibility index (Phi) is 17.8. The van der Waals surface area contributed by atoms with E-state index in [9.17, 15) is 5.11 Å². The van der Waals surface area contributed by atoms with Crippen LogP contribution in [0.1, 0.15) is 151 Å². The molecule has 0 atom stereocenters. The Labute approximate surface area is 284 Å². The highest BCUT2D eigenvalue weighted by atomic mass is 32.2. The Balaban J connectivity index is 0.000000671. The molecular formula is C41H71NO2S. The molecule has 1 spiro atoms. The maximum absolute atomic E-state index is 10.3. The van der Waals surface area contributed by atoms with Gasteiger partial charge in [0.15, 0.2) is 0 Å². The van der Waals surface area contributed by atoms with Crippen molar-refractivity contribution in [1.82, 2.24) is 4.31 Å². The third-order valence-electron chi connectivity index (χ3n) is 7.46. The molecule has 5 rings (SSSR count). The molecular weight excluding hydrogens is 571 g/mol. The summed E-state index contributed by atoms with van der Waals surface area (Å²) < 4.78 is 8.38. The third-order valence-corrected chi connectivity index (χ3v) is 8.53. The van der Waals surface area contributed by atoms with Crippen LogP contribution in [0.3, 0.4) is 0 Å². The van der Waals surface area contributed by atoms with E-state index in [0.29, 0.717) is 10.8 Å². The zero-order chi connectivity index (χ0) is 35.4. The molecule has 2 aromatic carbocycles. The van der Waals surface area contributed by atoms with Crippen LogP contribution in [0.15, 0.2) is 47.4 Å². The Morgan fingerprint density at radius 3 is 1.84 bits per heavy atom. The number of rotatable bonds is 2. The summed E-state index contributed by atoms with van der Waals surface area (Å²) >= 11 is 1.93. The number of benzene rings is 2. The maximum Gasteiger partial charge on any atom is 0.129 e. The van der Waals surface area contributed by atoms with Crippen molar-refractivity contribution in [1.29, 1.82) is 0 Å². The monoisotopic (exact) mass is 642 g/mol. The first-order chi connectivity index (χ1) is 20.8. The van der Waals surface area contributed by atoms with Gasteiger partial charge in [-0.15, -0.1) is 6.58 Å². The molecule has 1 aliphatic carbocycles. The lowest BCUT2D eigenvalue weighted by atomic mass is 9.83. The van der Waals surface area contributed by atoms with Gasteiger partial charge in [-0.2, -0.15) is 0 Å². The van der Waals surface area contributed by atoms with Gasteiger partial charge in [-0.1, -0.05) is 111 Å². The van der Waals surface area contributed by atoms with Gasteiger partial charge in [0.05, 0.1) is 12.2 Å². The van der Waals surface area contributed by atoms with Crippen LogP contribution in [-0.4, -0.2) is 29.1 Å². The molecule has 3 aliphatic rings. The normalized spacial score (nSPS) is 16.8. The predicted octanol–water partition coefficient (Wildman–Crippen LogP) is 12.3. The summed E-state index contributed by atoms with van der Waals surface area (Å²) in [7, 11) is 0. The van der Waals surface area contributed by atoms with Crippen molar-refractivity contribution in [3.8, 4) is 5.75 Å². The molecule has 0 amide bonds. The van der Waals surface area contributed by atoms with Gasteiger partial charge >= 0.3 is 0 Å². The number of hydrogen-bond acceptors (Lipinski definition) is 4. The topological polar surface area (TPSA) is 32.7 Å². The smallest absolute Gasteiger partial charge is 0.129 e. The van der Waals surface area contributed by atoms with Gasteiger partial charge < -0.3 is 9.84 Å². The molecule has 0 radical (unpaired) electrons. The second-order valence-corrected chi connectivity index (χ2v) is 15.8. The van der Waals surface area contributed by atoms with Crippen molar-refractivity contribution in [3.63, 3.8) is 0 Å².